The van der Waals surface area contributed by atoms with E-state index in [-0.39, 0.29) is 12.1 Å². The van der Waals surface area contributed by atoms with E-state index in [0.29, 0.717) is 23.3 Å². The monoisotopic (exact) mass is 336 g/mol. The van der Waals surface area contributed by atoms with Gasteiger partial charge in [0.25, 0.3) is 0 Å². The molecule has 132 valence electrons. The summed E-state index contributed by atoms with van der Waals surface area (Å²) >= 11 is 0. The van der Waals surface area contributed by atoms with Gasteiger partial charge in [-0.05, 0) is 53.9 Å². The van der Waals surface area contributed by atoms with Crippen LogP contribution in [0.25, 0.3) is 11.1 Å². The highest BCUT2D eigenvalue weighted by Gasteiger charge is 2.33. The van der Waals surface area contributed by atoms with Crippen LogP contribution in [0.4, 0.5) is 0 Å². The number of benzene rings is 2. The maximum Gasteiger partial charge on any atom is 0.338 e. The number of hydrogen-bond donors (Lipinski definition) is 0. The first kappa shape index (κ1) is 17.7. The number of carbonyl (C=O) groups excluding carboxylic acids is 1. The van der Waals surface area contributed by atoms with E-state index >= 15 is 0 Å². The van der Waals surface area contributed by atoms with Crippen LogP contribution in [0.5, 0.6) is 0 Å². The molecule has 0 saturated heterocycles. The maximum absolute atomic E-state index is 12.6. The van der Waals surface area contributed by atoms with Gasteiger partial charge in [-0.1, -0.05) is 69.7 Å². The molecular formula is C23H28O2. The third kappa shape index (κ3) is 4.31. The molecule has 2 nitrogen and oxygen atoms in total. The lowest BCUT2D eigenvalue weighted by Crippen LogP contribution is -2.35. The number of esters is 1. The standard InChI is InChI=1S/C23H28O2/c1-16(2)21-14-9-17(3)15-22(21)25-23(24)20-12-10-19(11-13-20)18-7-5-4-6-8-18/h4-8,10-13,16-17,21-22H,9,14-15H2,1-3H3. The van der Waals surface area contributed by atoms with Crippen molar-refractivity contribution in [1.29, 1.82) is 0 Å². The predicted octanol–water partition coefficient (Wildman–Crippen LogP) is 5.97. The normalized spacial score (nSPS) is 23.4. The van der Waals surface area contributed by atoms with Crippen molar-refractivity contribution in [1.82, 2.24) is 0 Å². The molecule has 3 unspecified atom stereocenters. The Morgan fingerprint density at radius 1 is 0.960 bits per heavy atom. The SMILES string of the molecule is CC1CCC(C(C)C)C(OC(=O)c2ccc(-c3ccccc3)cc2)C1. The lowest BCUT2D eigenvalue weighted by Gasteiger charge is -2.36. The molecule has 1 fully saturated rings. The van der Waals surface area contributed by atoms with Crippen molar-refractivity contribution in [3.63, 3.8) is 0 Å². The first-order chi connectivity index (χ1) is 12.0. The van der Waals surface area contributed by atoms with Crippen molar-refractivity contribution in [3.05, 3.63) is 60.2 Å². The first-order valence-corrected chi connectivity index (χ1v) is 9.41. The van der Waals surface area contributed by atoms with Crippen LogP contribution in [0.1, 0.15) is 50.4 Å². The molecule has 0 spiro atoms. The van der Waals surface area contributed by atoms with E-state index in [4.69, 9.17) is 4.74 Å². The zero-order chi connectivity index (χ0) is 17.8. The Bertz CT molecular complexity index is 688. The van der Waals surface area contributed by atoms with Gasteiger partial charge >= 0.3 is 5.97 Å². The summed E-state index contributed by atoms with van der Waals surface area (Å²) in [5.74, 6) is 1.46. The molecule has 0 radical (unpaired) electrons. The topological polar surface area (TPSA) is 26.3 Å². The molecular weight excluding hydrogens is 308 g/mol. The third-order valence-corrected chi connectivity index (χ3v) is 5.45. The molecule has 3 rings (SSSR count). The van der Waals surface area contributed by atoms with Gasteiger partial charge in [-0.15, -0.1) is 0 Å². The molecule has 0 heterocycles. The van der Waals surface area contributed by atoms with E-state index in [2.05, 4.69) is 32.9 Å². The van der Waals surface area contributed by atoms with Gasteiger partial charge in [-0.3, -0.25) is 0 Å². The summed E-state index contributed by atoms with van der Waals surface area (Å²) in [6.45, 7) is 6.72. The minimum absolute atomic E-state index is 0.0463. The van der Waals surface area contributed by atoms with Crippen molar-refractivity contribution < 1.29 is 9.53 Å². The largest absolute Gasteiger partial charge is 0.458 e. The summed E-state index contributed by atoms with van der Waals surface area (Å²) in [4.78, 5) is 12.6. The quantitative estimate of drug-likeness (QED) is 0.643. The summed E-state index contributed by atoms with van der Waals surface area (Å²) < 4.78 is 5.93. The molecule has 0 aromatic heterocycles. The van der Waals surface area contributed by atoms with Gasteiger partial charge in [-0.2, -0.15) is 0 Å². The van der Waals surface area contributed by atoms with Crippen LogP contribution in [0.15, 0.2) is 54.6 Å². The lowest BCUT2D eigenvalue weighted by molar-refractivity contribution is -0.0174. The van der Waals surface area contributed by atoms with Crippen LogP contribution in [0, 0.1) is 17.8 Å². The van der Waals surface area contributed by atoms with Gasteiger partial charge in [0.15, 0.2) is 0 Å². The summed E-state index contributed by atoms with van der Waals surface area (Å²) in [7, 11) is 0. The second-order valence-electron chi connectivity index (χ2n) is 7.71. The highest BCUT2D eigenvalue weighted by molar-refractivity contribution is 5.90. The Morgan fingerprint density at radius 3 is 2.24 bits per heavy atom. The highest BCUT2D eigenvalue weighted by Crippen LogP contribution is 2.35. The second kappa shape index (κ2) is 7.86. The molecule has 2 heteroatoms. The van der Waals surface area contributed by atoms with Crippen molar-refractivity contribution >= 4 is 5.97 Å². The van der Waals surface area contributed by atoms with E-state index in [1.807, 2.05) is 42.5 Å². The van der Waals surface area contributed by atoms with E-state index in [1.54, 1.807) is 0 Å². The van der Waals surface area contributed by atoms with E-state index < -0.39 is 0 Å². The predicted molar refractivity (Wildman–Crippen MR) is 102 cm³/mol. The molecule has 2 aromatic rings. The van der Waals surface area contributed by atoms with Gasteiger partial charge in [0.2, 0.25) is 0 Å². The Kier molecular flexibility index (Phi) is 5.57. The van der Waals surface area contributed by atoms with Crippen molar-refractivity contribution in [2.24, 2.45) is 17.8 Å². The van der Waals surface area contributed by atoms with E-state index in [0.717, 1.165) is 24.0 Å². The molecule has 1 saturated carbocycles. The maximum atomic E-state index is 12.6. The number of rotatable bonds is 4. The molecule has 0 N–H and O–H groups in total. The van der Waals surface area contributed by atoms with Crippen LogP contribution >= 0.6 is 0 Å². The average Bonchev–Trinajstić information content (AvgIpc) is 2.62. The molecule has 1 aliphatic carbocycles. The van der Waals surface area contributed by atoms with Gasteiger partial charge in [0, 0.05) is 0 Å². The molecule has 3 atom stereocenters. The molecule has 0 aliphatic heterocycles. The number of hydrogen-bond acceptors (Lipinski definition) is 2. The molecule has 0 bridgehead atoms. The van der Waals surface area contributed by atoms with Crippen molar-refractivity contribution in [2.75, 3.05) is 0 Å². The fraction of sp³-hybridized carbons (Fsp3) is 0.435. The Balaban J connectivity index is 1.70. The summed E-state index contributed by atoms with van der Waals surface area (Å²) in [6.07, 6.45) is 3.42. The number of ether oxygens (including phenoxy) is 1. The van der Waals surface area contributed by atoms with Crippen molar-refractivity contribution in [2.45, 2.75) is 46.1 Å². The Morgan fingerprint density at radius 2 is 1.60 bits per heavy atom. The number of carbonyl (C=O) groups is 1. The van der Waals surface area contributed by atoms with Gasteiger partial charge in [0.05, 0.1) is 5.56 Å². The summed E-state index contributed by atoms with van der Waals surface area (Å²) in [5.41, 5.74) is 2.91. The van der Waals surface area contributed by atoms with Gasteiger partial charge in [0.1, 0.15) is 6.10 Å². The highest BCUT2D eigenvalue weighted by atomic mass is 16.5. The van der Waals surface area contributed by atoms with E-state index in [1.165, 1.54) is 6.42 Å². The summed E-state index contributed by atoms with van der Waals surface area (Å²) in [6, 6.07) is 17.9. The van der Waals surface area contributed by atoms with Crippen LogP contribution in [0.2, 0.25) is 0 Å². The zero-order valence-electron chi connectivity index (χ0n) is 15.4. The minimum Gasteiger partial charge on any atom is -0.458 e. The van der Waals surface area contributed by atoms with Crippen LogP contribution < -0.4 is 0 Å². The van der Waals surface area contributed by atoms with Crippen LogP contribution in [0.3, 0.4) is 0 Å². The van der Waals surface area contributed by atoms with Crippen LogP contribution in [-0.4, -0.2) is 12.1 Å². The fourth-order valence-corrected chi connectivity index (χ4v) is 3.89. The van der Waals surface area contributed by atoms with Crippen molar-refractivity contribution in [3.8, 4) is 11.1 Å². The van der Waals surface area contributed by atoms with Crippen LogP contribution in [-0.2, 0) is 4.74 Å². The second-order valence-corrected chi connectivity index (χ2v) is 7.71. The van der Waals surface area contributed by atoms with E-state index in [9.17, 15) is 4.79 Å². The van der Waals surface area contributed by atoms with Gasteiger partial charge in [-0.25, -0.2) is 4.79 Å². The van der Waals surface area contributed by atoms with Gasteiger partial charge < -0.3 is 4.74 Å². The molecule has 25 heavy (non-hydrogen) atoms. The smallest absolute Gasteiger partial charge is 0.338 e. The lowest BCUT2D eigenvalue weighted by atomic mass is 9.75. The zero-order valence-corrected chi connectivity index (χ0v) is 15.4. The third-order valence-electron chi connectivity index (χ3n) is 5.45. The Labute approximate surface area is 151 Å². The molecule has 1 aliphatic rings. The molecule has 0 amide bonds. The average molecular weight is 336 g/mol. The summed E-state index contributed by atoms with van der Waals surface area (Å²) in [5, 5.41) is 0. The minimum atomic E-state index is -0.190. The molecule has 2 aromatic carbocycles. The first-order valence-electron chi connectivity index (χ1n) is 9.41. The fourth-order valence-electron chi connectivity index (χ4n) is 3.89. The Hall–Kier alpha value is -2.09.